The SMILES string of the molecule is O=C(c1ncn(-c2ccccc2)n1)N1CCN(C(=O)c2ccco2)CC1. The third-order valence-corrected chi connectivity index (χ3v) is 4.29. The van der Waals surface area contributed by atoms with E-state index in [1.165, 1.54) is 12.6 Å². The highest BCUT2D eigenvalue weighted by atomic mass is 16.3. The summed E-state index contributed by atoms with van der Waals surface area (Å²) in [5, 5.41) is 4.27. The lowest BCUT2D eigenvalue weighted by Gasteiger charge is -2.33. The summed E-state index contributed by atoms with van der Waals surface area (Å²) in [5.41, 5.74) is 0.841. The largest absolute Gasteiger partial charge is 0.459 e. The molecule has 0 spiro atoms. The van der Waals surface area contributed by atoms with Crippen molar-refractivity contribution in [1.82, 2.24) is 24.6 Å². The topological polar surface area (TPSA) is 84.5 Å². The summed E-state index contributed by atoms with van der Waals surface area (Å²) in [5.74, 6) is 0.0751. The minimum Gasteiger partial charge on any atom is -0.459 e. The highest BCUT2D eigenvalue weighted by molar-refractivity contribution is 5.92. The monoisotopic (exact) mass is 351 g/mol. The number of hydrogen-bond donors (Lipinski definition) is 0. The van der Waals surface area contributed by atoms with Gasteiger partial charge < -0.3 is 14.2 Å². The average molecular weight is 351 g/mol. The fourth-order valence-electron chi connectivity index (χ4n) is 2.88. The summed E-state index contributed by atoms with van der Waals surface area (Å²) in [7, 11) is 0. The van der Waals surface area contributed by atoms with Crippen LogP contribution in [0.1, 0.15) is 21.2 Å². The van der Waals surface area contributed by atoms with Crippen molar-refractivity contribution in [3.05, 3.63) is 66.6 Å². The van der Waals surface area contributed by atoms with E-state index in [0.29, 0.717) is 31.9 Å². The molecule has 3 heterocycles. The second-order valence-electron chi connectivity index (χ2n) is 5.91. The van der Waals surface area contributed by atoms with E-state index in [4.69, 9.17) is 4.42 Å². The fraction of sp³-hybridized carbons (Fsp3) is 0.222. The van der Waals surface area contributed by atoms with Crippen LogP contribution < -0.4 is 0 Å². The molecule has 3 aromatic rings. The molecule has 0 aliphatic carbocycles. The van der Waals surface area contributed by atoms with E-state index >= 15 is 0 Å². The highest BCUT2D eigenvalue weighted by Gasteiger charge is 2.28. The van der Waals surface area contributed by atoms with Crippen molar-refractivity contribution in [2.24, 2.45) is 0 Å². The Bertz CT molecular complexity index is 896. The van der Waals surface area contributed by atoms with Gasteiger partial charge >= 0.3 is 0 Å². The molecule has 132 valence electrons. The van der Waals surface area contributed by atoms with E-state index in [1.807, 2.05) is 30.3 Å². The fourth-order valence-corrected chi connectivity index (χ4v) is 2.88. The molecule has 1 aliphatic heterocycles. The van der Waals surface area contributed by atoms with Crippen LogP contribution in [0.5, 0.6) is 0 Å². The number of benzene rings is 1. The summed E-state index contributed by atoms with van der Waals surface area (Å²) in [6.07, 6.45) is 3.00. The predicted molar refractivity (Wildman–Crippen MR) is 91.9 cm³/mol. The van der Waals surface area contributed by atoms with Gasteiger partial charge in [0.25, 0.3) is 11.8 Å². The van der Waals surface area contributed by atoms with E-state index in [0.717, 1.165) is 5.69 Å². The Morgan fingerprint density at radius 1 is 0.885 bits per heavy atom. The van der Waals surface area contributed by atoms with E-state index in [-0.39, 0.29) is 17.6 Å². The molecule has 1 aromatic carbocycles. The number of hydrogen-bond acceptors (Lipinski definition) is 5. The number of carbonyl (C=O) groups is 2. The van der Waals surface area contributed by atoms with E-state index in [2.05, 4.69) is 10.1 Å². The van der Waals surface area contributed by atoms with Crippen LogP contribution in [0.25, 0.3) is 5.69 Å². The molecule has 4 rings (SSSR count). The van der Waals surface area contributed by atoms with Gasteiger partial charge in [-0.15, -0.1) is 5.10 Å². The summed E-state index contributed by atoms with van der Waals surface area (Å²) >= 11 is 0. The molecule has 1 saturated heterocycles. The van der Waals surface area contributed by atoms with Crippen LogP contribution >= 0.6 is 0 Å². The van der Waals surface area contributed by atoms with Crippen molar-refractivity contribution in [1.29, 1.82) is 0 Å². The molecule has 2 amide bonds. The van der Waals surface area contributed by atoms with Gasteiger partial charge in [0.15, 0.2) is 5.76 Å². The summed E-state index contributed by atoms with van der Waals surface area (Å²) in [6, 6.07) is 12.8. The third-order valence-electron chi connectivity index (χ3n) is 4.29. The summed E-state index contributed by atoms with van der Waals surface area (Å²) in [4.78, 5) is 32.4. The van der Waals surface area contributed by atoms with E-state index in [9.17, 15) is 9.59 Å². The molecule has 0 radical (unpaired) electrons. The van der Waals surface area contributed by atoms with Gasteiger partial charge in [0, 0.05) is 26.2 Å². The van der Waals surface area contributed by atoms with Crippen molar-refractivity contribution >= 4 is 11.8 Å². The maximum atomic E-state index is 12.6. The zero-order chi connectivity index (χ0) is 17.9. The van der Waals surface area contributed by atoms with Crippen LogP contribution in [0.4, 0.5) is 0 Å². The maximum absolute atomic E-state index is 12.6. The summed E-state index contributed by atoms with van der Waals surface area (Å²) < 4.78 is 6.72. The number of amides is 2. The van der Waals surface area contributed by atoms with Gasteiger partial charge in [-0.2, -0.15) is 0 Å². The second kappa shape index (κ2) is 6.83. The molecule has 0 bridgehead atoms. The minimum atomic E-state index is -0.232. The quantitative estimate of drug-likeness (QED) is 0.713. The van der Waals surface area contributed by atoms with Crippen LogP contribution in [0.15, 0.2) is 59.5 Å². The van der Waals surface area contributed by atoms with Crippen molar-refractivity contribution in [2.45, 2.75) is 0 Å². The lowest BCUT2D eigenvalue weighted by atomic mass is 10.2. The van der Waals surface area contributed by atoms with Gasteiger partial charge in [-0.3, -0.25) is 9.59 Å². The number of nitrogens with zero attached hydrogens (tertiary/aromatic N) is 5. The molecule has 0 N–H and O–H groups in total. The van der Waals surface area contributed by atoms with Gasteiger partial charge in [-0.05, 0) is 24.3 Å². The normalized spacial score (nSPS) is 14.5. The molecule has 1 aliphatic rings. The predicted octanol–water partition coefficient (Wildman–Crippen LogP) is 1.46. The average Bonchev–Trinajstić information content (AvgIpc) is 3.40. The first kappa shape index (κ1) is 16.1. The lowest BCUT2D eigenvalue weighted by molar-refractivity contribution is 0.0512. The number of furan rings is 1. The highest BCUT2D eigenvalue weighted by Crippen LogP contribution is 2.12. The molecule has 8 nitrogen and oxygen atoms in total. The van der Waals surface area contributed by atoms with Crippen molar-refractivity contribution < 1.29 is 14.0 Å². The number of rotatable bonds is 3. The Labute approximate surface area is 149 Å². The van der Waals surface area contributed by atoms with Gasteiger partial charge in [0.1, 0.15) is 6.33 Å². The molecular weight excluding hydrogens is 334 g/mol. The first-order valence-corrected chi connectivity index (χ1v) is 8.31. The first-order valence-electron chi connectivity index (χ1n) is 8.31. The molecule has 0 unspecified atom stereocenters. The Hall–Kier alpha value is -3.42. The lowest BCUT2D eigenvalue weighted by Crippen LogP contribution is -2.50. The smallest absolute Gasteiger partial charge is 0.293 e. The zero-order valence-corrected chi connectivity index (χ0v) is 14.0. The number of para-hydroxylation sites is 1. The van der Waals surface area contributed by atoms with Crippen molar-refractivity contribution in [3.63, 3.8) is 0 Å². The molecule has 2 aromatic heterocycles. The Kier molecular flexibility index (Phi) is 4.22. The van der Waals surface area contributed by atoms with Crippen molar-refractivity contribution in [3.8, 4) is 5.69 Å². The number of aromatic nitrogens is 3. The van der Waals surface area contributed by atoms with Crippen LogP contribution in [0.3, 0.4) is 0 Å². The first-order chi connectivity index (χ1) is 12.7. The van der Waals surface area contributed by atoms with Gasteiger partial charge in [0.2, 0.25) is 5.82 Å². The molecule has 26 heavy (non-hydrogen) atoms. The number of carbonyl (C=O) groups excluding carboxylic acids is 2. The van der Waals surface area contributed by atoms with Gasteiger partial charge in [-0.25, -0.2) is 9.67 Å². The van der Waals surface area contributed by atoms with E-state index in [1.54, 1.807) is 26.6 Å². The van der Waals surface area contributed by atoms with Crippen LogP contribution in [-0.2, 0) is 0 Å². The second-order valence-corrected chi connectivity index (χ2v) is 5.91. The van der Waals surface area contributed by atoms with Gasteiger partial charge in [-0.1, -0.05) is 18.2 Å². The van der Waals surface area contributed by atoms with E-state index < -0.39 is 0 Å². The Morgan fingerprint density at radius 3 is 2.23 bits per heavy atom. The summed E-state index contributed by atoms with van der Waals surface area (Å²) in [6.45, 7) is 1.77. The van der Waals surface area contributed by atoms with Crippen LogP contribution in [0, 0.1) is 0 Å². The van der Waals surface area contributed by atoms with Crippen LogP contribution in [-0.4, -0.2) is 62.6 Å². The number of piperazine rings is 1. The zero-order valence-electron chi connectivity index (χ0n) is 14.0. The molecule has 0 atom stereocenters. The molecule has 8 heteroatoms. The van der Waals surface area contributed by atoms with Crippen LogP contribution in [0.2, 0.25) is 0 Å². The minimum absolute atomic E-state index is 0.152. The third kappa shape index (κ3) is 3.08. The van der Waals surface area contributed by atoms with Crippen molar-refractivity contribution in [2.75, 3.05) is 26.2 Å². The molecule has 0 saturated carbocycles. The van der Waals surface area contributed by atoms with Gasteiger partial charge in [0.05, 0.1) is 12.0 Å². The maximum Gasteiger partial charge on any atom is 0.293 e. The Morgan fingerprint density at radius 2 is 1.58 bits per heavy atom. The molecule has 1 fully saturated rings. The molecular formula is C18H17N5O3. The Balaban J connectivity index is 1.40. The standard InChI is InChI=1S/C18H17N5O3/c24-17(15-7-4-12-26-15)21-8-10-22(11-9-21)18(25)16-19-13-23(20-16)14-5-2-1-3-6-14/h1-7,12-13H,8-11H2.